The Morgan fingerprint density at radius 2 is 2.50 bits per heavy atom. The van der Waals surface area contributed by atoms with Crippen molar-refractivity contribution in [2.24, 2.45) is 0 Å². The Hall–Kier alpha value is -0.263. The Labute approximate surface area is 47.3 Å². The Morgan fingerprint density at radius 1 is 1.67 bits per heavy atom. The maximum absolute atomic E-state index is 3.43. The number of aromatic nitrogens is 3. The molecular weight excluding hydrogens is 73.0 g/mol. The van der Waals surface area contributed by atoms with Gasteiger partial charge in [0.2, 0.25) is 6.33 Å². The molecule has 0 saturated carbocycles. The van der Waals surface area contributed by atoms with Crippen LogP contribution in [0, 0.1) is 6.33 Å². The van der Waals surface area contributed by atoms with Crippen molar-refractivity contribution in [3.8, 4) is 0 Å². The number of rotatable bonds is 0. The van der Waals surface area contributed by atoms with Crippen molar-refractivity contribution in [2.45, 2.75) is 0 Å². The van der Waals surface area contributed by atoms with Crippen molar-refractivity contribution < 1.29 is 0 Å². The van der Waals surface area contributed by atoms with Gasteiger partial charge in [-0.1, -0.05) is 0 Å². The van der Waals surface area contributed by atoms with E-state index in [1.165, 1.54) is 6.33 Å². The fourth-order valence-electron chi connectivity index (χ4n) is 0.144. The first-order valence-corrected chi connectivity index (χ1v) is 1.22. The van der Waals surface area contributed by atoms with Gasteiger partial charge in [0.05, 0.1) is 0 Å². The fourth-order valence-corrected chi connectivity index (χ4v) is 0.144. The predicted octanol–water partition coefficient (Wildman–Crippen LogP) is -1.04. The molecule has 4 heteroatoms. The van der Waals surface area contributed by atoms with Crippen LogP contribution in [-0.4, -0.2) is 34.0 Å². The molecule has 0 spiro atoms. The molecule has 6 heavy (non-hydrogen) atoms. The van der Waals surface area contributed by atoms with Crippen LogP contribution in [0.2, 0.25) is 0 Å². The van der Waals surface area contributed by atoms with E-state index in [1.807, 2.05) is 0 Å². The molecule has 0 atom stereocenters. The summed E-state index contributed by atoms with van der Waals surface area (Å²) >= 11 is 0. The van der Waals surface area contributed by atoms with E-state index in [9.17, 15) is 0 Å². The SMILES string of the molecule is [LiH].[c]1nc[nH]n1. The summed E-state index contributed by atoms with van der Waals surface area (Å²) in [5.41, 5.74) is 0. The normalized spacial score (nSPS) is 6.67. The molecule has 0 bridgehead atoms. The van der Waals surface area contributed by atoms with Crippen LogP contribution in [0.1, 0.15) is 0 Å². The van der Waals surface area contributed by atoms with Crippen LogP contribution in [0.25, 0.3) is 0 Å². The first-order chi connectivity index (χ1) is 2.50. The summed E-state index contributed by atoms with van der Waals surface area (Å²) in [4.78, 5) is 3.43. The van der Waals surface area contributed by atoms with Crippen LogP contribution < -0.4 is 0 Å². The average Bonchev–Trinajstić information content (AvgIpc) is 1.76. The van der Waals surface area contributed by atoms with Crippen molar-refractivity contribution in [3.05, 3.63) is 12.7 Å². The Balaban J connectivity index is 0.000000250. The van der Waals surface area contributed by atoms with Gasteiger partial charge in [0.25, 0.3) is 0 Å². The first-order valence-electron chi connectivity index (χ1n) is 1.22. The van der Waals surface area contributed by atoms with E-state index in [0.29, 0.717) is 0 Å². The molecule has 1 rings (SSSR count). The van der Waals surface area contributed by atoms with E-state index in [4.69, 9.17) is 0 Å². The summed E-state index contributed by atoms with van der Waals surface area (Å²) in [7, 11) is 0. The number of hydrogen-bond acceptors (Lipinski definition) is 2. The van der Waals surface area contributed by atoms with E-state index in [0.717, 1.165) is 0 Å². The zero-order valence-electron chi connectivity index (χ0n) is 2.47. The smallest absolute Gasteiger partial charge is 0.220 e. The second kappa shape index (κ2) is 2.95. The molecule has 0 aromatic carbocycles. The predicted molar refractivity (Wildman–Crippen MR) is 22.4 cm³/mol. The third kappa shape index (κ3) is 1.25. The fraction of sp³-hybridized carbons (Fsp3) is 0. The van der Waals surface area contributed by atoms with Crippen LogP contribution in [0.5, 0.6) is 0 Å². The maximum atomic E-state index is 3.43. The van der Waals surface area contributed by atoms with E-state index >= 15 is 0 Å². The van der Waals surface area contributed by atoms with Gasteiger partial charge in [0, 0.05) is 0 Å². The molecule has 0 fully saturated rings. The van der Waals surface area contributed by atoms with Crippen molar-refractivity contribution in [2.75, 3.05) is 0 Å². The number of hydrogen-bond donors (Lipinski definition) is 1. The second-order valence-electron chi connectivity index (χ2n) is 0.599. The number of nitrogens with zero attached hydrogens (tertiary/aromatic N) is 2. The molecule has 1 aromatic rings. The maximum Gasteiger partial charge on any atom is 0.220 e. The number of nitrogens with one attached hydrogen (secondary N) is 1. The molecule has 0 amide bonds. The summed E-state index contributed by atoms with van der Waals surface area (Å²) in [5.74, 6) is 0. The topological polar surface area (TPSA) is 41.6 Å². The molecule has 0 unspecified atom stereocenters. The van der Waals surface area contributed by atoms with Gasteiger partial charge in [-0.15, -0.1) is 0 Å². The van der Waals surface area contributed by atoms with Gasteiger partial charge >= 0.3 is 18.9 Å². The van der Waals surface area contributed by atoms with Gasteiger partial charge in [-0.3, -0.25) is 5.10 Å². The molecule has 3 nitrogen and oxygen atoms in total. The van der Waals surface area contributed by atoms with E-state index in [-0.39, 0.29) is 18.9 Å². The third-order valence-corrected chi connectivity index (χ3v) is 0.295. The standard InChI is InChI=1S/C2H2N3.Li.H/c1-3-2-5-4-1;;/h1H,(H,3,4,5);;. The first kappa shape index (κ1) is 5.74. The van der Waals surface area contributed by atoms with Crippen molar-refractivity contribution in [1.82, 2.24) is 15.2 Å². The molecule has 1 aromatic heterocycles. The Morgan fingerprint density at radius 3 is 2.67 bits per heavy atom. The van der Waals surface area contributed by atoms with E-state index in [2.05, 4.69) is 21.5 Å². The molecule has 27 valence electrons. The van der Waals surface area contributed by atoms with Crippen molar-refractivity contribution in [1.29, 1.82) is 0 Å². The largest absolute Gasteiger partial charge is 0.265 e. The third-order valence-electron chi connectivity index (χ3n) is 0.295. The van der Waals surface area contributed by atoms with Gasteiger partial charge in [-0.05, 0) is 0 Å². The van der Waals surface area contributed by atoms with Crippen molar-refractivity contribution >= 4 is 18.9 Å². The van der Waals surface area contributed by atoms with Crippen molar-refractivity contribution in [3.63, 3.8) is 0 Å². The molecule has 1 radical (unpaired) electrons. The van der Waals surface area contributed by atoms with E-state index in [1.54, 1.807) is 0 Å². The summed E-state index contributed by atoms with van der Waals surface area (Å²) in [6.45, 7) is 0. The molecule has 0 aliphatic rings. The van der Waals surface area contributed by atoms with Gasteiger partial charge in [-0.2, -0.15) is 5.10 Å². The van der Waals surface area contributed by atoms with Gasteiger partial charge in [-0.25, -0.2) is 4.98 Å². The minimum atomic E-state index is 0. The number of H-pyrrole nitrogens is 1. The summed E-state index contributed by atoms with van der Waals surface area (Å²) < 4.78 is 0. The monoisotopic (exact) mass is 76.0 g/mol. The van der Waals surface area contributed by atoms with Gasteiger partial charge in [0.1, 0.15) is 6.33 Å². The molecule has 0 aliphatic carbocycles. The average molecular weight is 76.0 g/mol. The number of aromatic amines is 1. The van der Waals surface area contributed by atoms with Crippen LogP contribution >= 0.6 is 0 Å². The van der Waals surface area contributed by atoms with Crippen LogP contribution in [0.15, 0.2) is 6.33 Å². The molecular formula is C2H3LiN3. The molecule has 0 aliphatic heterocycles. The Bertz CT molecular complexity index is 65.3. The summed E-state index contributed by atoms with van der Waals surface area (Å²) in [5, 5.41) is 5.81. The van der Waals surface area contributed by atoms with Gasteiger partial charge in [0.15, 0.2) is 0 Å². The zero-order valence-corrected chi connectivity index (χ0v) is 2.47. The molecule has 1 N–H and O–H groups in total. The van der Waals surface area contributed by atoms with Crippen LogP contribution in [-0.2, 0) is 0 Å². The second-order valence-corrected chi connectivity index (χ2v) is 0.599. The van der Waals surface area contributed by atoms with E-state index < -0.39 is 0 Å². The Kier molecular flexibility index (Phi) is 2.82. The zero-order chi connectivity index (χ0) is 3.54. The quantitative estimate of drug-likeness (QED) is 0.401. The van der Waals surface area contributed by atoms with Gasteiger partial charge < -0.3 is 0 Å². The minimum Gasteiger partial charge on any atom is -0.265 e. The van der Waals surface area contributed by atoms with Crippen LogP contribution in [0.4, 0.5) is 0 Å². The summed E-state index contributed by atoms with van der Waals surface area (Å²) in [6.07, 6.45) is 3.76. The molecule has 0 saturated heterocycles. The summed E-state index contributed by atoms with van der Waals surface area (Å²) in [6, 6.07) is 0. The minimum absolute atomic E-state index is 0. The molecule has 1 heterocycles. The van der Waals surface area contributed by atoms with Crippen LogP contribution in [0.3, 0.4) is 0 Å².